The largest absolute Gasteiger partial charge is 0.507 e. The van der Waals surface area contributed by atoms with Gasteiger partial charge in [0.25, 0.3) is 0 Å². The third-order valence-electron chi connectivity index (χ3n) is 5.10. The number of likely N-dealkylation sites (tertiary alicyclic amines) is 1. The van der Waals surface area contributed by atoms with Crippen LogP contribution in [0.5, 0.6) is 11.5 Å². The van der Waals surface area contributed by atoms with Crippen molar-refractivity contribution in [2.24, 2.45) is 11.7 Å². The highest BCUT2D eigenvalue weighted by Gasteiger charge is 2.34. The predicted octanol–water partition coefficient (Wildman–Crippen LogP) is 0.460. The van der Waals surface area contributed by atoms with Gasteiger partial charge >= 0.3 is 13.1 Å². The number of aromatic carboxylic acids is 1. The van der Waals surface area contributed by atoms with Crippen LogP contribution >= 0.6 is 0 Å². The Morgan fingerprint density at radius 1 is 1.34 bits per heavy atom. The van der Waals surface area contributed by atoms with E-state index in [1.54, 1.807) is 4.90 Å². The molecular weight excluding hydrogens is 379 g/mol. The predicted molar refractivity (Wildman–Crippen MR) is 107 cm³/mol. The maximum atomic E-state index is 12.3. The molecule has 1 aliphatic heterocycles. The van der Waals surface area contributed by atoms with Gasteiger partial charge in [-0.15, -0.1) is 0 Å². The number of aromatic hydroxyl groups is 1. The van der Waals surface area contributed by atoms with Gasteiger partial charge < -0.3 is 35.6 Å². The Morgan fingerprint density at radius 2 is 2.03 bits per heavy atom. The molecule has 1 aromatic carbocycles. The molecule has 0 saturated carbocycles. The number of nitrogens with two attached hydrogens (primary N) is 1. The third kappa shape index (κ3) is 6.09. The zero-order chi connectivity index (χ0) is 21.6. The zero-order valence-electron chi connectivity index (χ0n) is 16.6. The van der Waals surface area contributed by atoms with Gasteiger partial charge in [-0.3, -0.25) is 4.79 Å². The Balaban J connectivity index is 1.98. The number of carbonyl (C=O) groups excluding carboxylic acids is 1. The number of hydrogen-bond donors (Lipinski definition) is 5. The SMILES string of the molecule is CCCC(CN)CC(=O)N1CC(Oc2ccc(CCB(O)O)c(O)c2C(=O)O)C1. The summed E-state index contributed by atoms with van der Waals surface area (Å²) in [6, 6.07) is 2.94. The van der Waals surface area contributed by atoms with E-state index in [0.29, 0.717) is 26.1 Å². The lowest BCUT2D eigenvalue weighted by atomic mass is 9.82. The number of aryl methyl sites for hydroxylation is 1. The van der Waals surface area contributed by atoms with Crippen LogP contribution in [0.25, 0.3) is 0 Å². The highest BCUT2D eigenvalue weighted by molar-refractivity contribution is 6.41. The fourth-order valence-electron chi connectivity index (χ4n) is 3.39. The summed E-state index contributed by atoms with van der Waals surface area (Å²) in [7, 11) is -1.55. The minimum atomic E-state index is -1.55. The number of ether oxygens (including phenoxy) is 1. The van der Waals surface area contributed by atoms with Crippen LogP contribution in [-0.2, 0) is 11.2 Å². The summed E-state index contributed by atoms with van der Waals surface area (Å²) in [4.78, 5) is 25.6. The van der Waals surface area contributed by atoms with E-state index in [9.17, 15) is 19.8 Å². The molecule has 1 amide bonds. The number of carboxylic acid groups (broad SMARTS) is 1. The van der Waals surface area contributed by atoms with E-state index in [-0.39, 0.29) is 47.5 Å². The van der Waals surface area contributed by atoms with Crippen LogP contribution < -0.4 is 10.5 Å². The monoisotopic (exact) mass is 408 g/mol. The maximum Gasteiger partial charge on any atom is 0.451 e. The molecule has 1 saturated heterocycles. The minimum Gasteiger partial charge on any atom is -0.507 e. The highest BCUT2D eigenvalue weighted by atomic mass is 16.5. The Morgan fingerprint density at radius 3 is 2.59 bits per heavy atom. The molecule has 6 N–H and O–H groups in total. The van der Waals surface area contributed by atoms with Crippen LogP contribution in [0.3, 0.4) is 0 Å². The van der Waals surface area contributed by atoms with Crippen molar-refractivity contribution in [3.8, 4) is 11.5 Å². The summed E-state index contributed by atoms with van der Waals surface area (Å²) >= 11 is 0. The molecule has 1 aromatic rings. The van der Waals surface area contributed by atoms with Gasteiger partial charge in [0.15, 0.2) is 0 Å². The van der Waals surface area contributed by atoms with Gasteiger partial charge in [-0.1, -0.05) is 19.4 Å². The van der Waals surface area contributed by atoms with Crippen LogP contribution in [0.4, 0.5) is 0 Å². The number of hydrogen-bond acceptors (Lipinski definition) is 7. The van der Waals surface area contributed by atoms with Crippen molar-refractivity contribution in [3.63, 3.8) is 0 Å². The first-order valence-electron chi connectivity index (χ1n) is 9.85. The summed E-state index contributed by atoms with van der Waals surface area (Å²) in [5, 5.41) is 37.6. The number of rotatable bonds is 11. The number of benzene rings is 1. The van der Waals surface area contributed by atoms with E-state index < -0.39 is 18.8 Å². The second kappa shape index (κ2) is 10.5. The molecule has 160 valence electrons. The number of nitrogens with zero attached hydrogens (tertiary/aromatic N) is 1. The Hall–Kier alpha value is -2.30. The lowest BCUT2D eigenvalue weighted by Crippen LogP contribution is -2.56. The highest BCUT2D eigenvalue weighted by Crippen LogP contribution is 2.34. The van der Waals surface area contributed by atoms with Crippen LogP contribution in [0.1, 0.15) is 42.1 Å². The molecule has 0 aliphatic carbocycles. The lowest BCUT2D eigenvalue weighted by Gasteiger charge is -2.39. The number of phenols is 1. The topological polar surface area (TPSA) is 154 Å². The van der Waals surface area contributed by atoms with Crippen molar-refractivity contribution in [1.29, 1.82) is 0 Å². The molecule has 1 fully saturated rings. The standard InChI is InChI=1S/C19H29BN2O7/c1-2-3-12(9-21)8-16(23)22-10-14(11-22)29-15-5-4-13(6-7-20(27)28)18(24)17(15)19(25)26/h4-5,12,14,24,27-28H,2-3,6-11,21H2,1H3,(H,25,26). The smallest absolute Gasteiger partial charge is 0.451 e. The first-order chi connectivity index (χ1) is 13.8. The van der Waals surface area contributed by atoms with E-state index in [4.69, 9.17) is 20.5 Å². The molecule has 0 aromatic heterocycles. The quantitative estimate of drug-likeness (QED) is 0.331. The number of amides is 1. The fourth-order valence-corrected chi connectivity index (χ4v) is 3.39. The second-order valence-electron chi connectivity index (χ2n) is 7.40. The molecular formula is C19H29BN2O7. The average Bonchev–Trinajstić information content (AvgIpc) is 2.62. The first kappa shape index (κ1) is 23.0. The van der Waals surface area contributed by atoms with Crippen LogP contribution in [0, 0.1) is 5.92 Å². The molecule has 1 aliphatic rings. The minimum absolute atomic E-state index is 0.00737. The van der Waals surface area contributed by atoms with Crippen LogP contribution in [0.2, 0.25) is 6.32 Å². The number of carboxylic acids is 1. The molecule has 29 heavy (non-hydrogen) atoms. The van der Waals surface area contributed by atoms with Crippen molar-refractivity contribution >= 4 is 19.0 Å². The Kier molecular flexibility index (Phi) is 8.30. The third-order valence-corrected chi connectivity index (χ3v) is 5.10. The number of carbonyl (C=O) groups is 2. The van der Waals surface area contributed by atoms with Gasteiger partial charge in [0.05, 0.1) is 13.1 Å². The van der Waals surface area contributed by atoms with Gasteiger partial charge in [-0.05, 0) is 43.3 Å². The van der Waals surface area contributed by atoms with E-state index in [1.807, 2.05) is 6.92 Å². The van der Waals surface area contributed by atoms with Crippen molar-refractivity contribution in [2.45, 2.75) is 45.0 Å². The van der Waals surface area contributed by atoms with E-state index >= 15 is 0 Å². The maximum absolute atomic E-state index is 12.3. The van der Waals surface area contributed by atoms with Gasteiger partial charge in [0.1, 0.15) is 23.2 Å². The normalized spacial score (nSPS) is 15.0. The Labute approximate surface area is 170 Å². The molecule has 1 unspecified atom stereocenters. The van der Waals surface area contributed by atoms with Gasteiger partial charge in [-0.25, -0.2) is 4.79 Å². The van der Waals surface area contributed by atoms with Crippen molar-refractivity contribution < 1.29 is 34.6 Å². The van der Waals surface area contributed by atoms with E-state index in [0.717, 1.165) is 12.8 Å². The molecule has 0 spiro atoms. The van der Waals surface area contributed by atoms with Gasteiger partial charge in [0.2, 0.25) is 5.91 Å². The van der Waals surface area contributed by atoms with Gasteiger partial charge in [0, 0.05) is 6.42 Å². The molecule has 10 heteroatoms. The molecule has 0 bridgehead atoms. The molecule has 1 atom stereocenters. The summed E-state index contributed by atoms with van der Waals surface area (Å²) in [6.07, 6.45) is 1.98. The van der Waals surface area contributed by atoms with Crippen LogP contribution in [0.15, 0.2) is 12.1 Å². The summed E-state index contributed by atoms with van der Waals surface area (Å²) < 4.78 is 5.71. The summed E-state index contributed by atoms with van der Waals surface area (Å²) in [5.74, 6) is -1.61. The molecule has 2 rings (SSSR count). The van der Waals surface area contributed by atoms with Crippen molar-refractivity contribution in [1.82, 2.24) is 4.90 Å². The first-order valence-corrected chi connectivity index (χ1v) is 9.85. The fraction of sp³-hybridized carbons (Fsp3) is 0.579. The van der Waals surface area contributed by atoms with E-state index in [1.165, 1.54) is 12.1 Å². The lowest BCUT2D eigenvalue weighted by molar-refractivity contribution is -0.141. The molecule has 1 heterocycles. The van der Waals surface area contributed by atoms with Gasteiger partial charge in [-0.2, -0.15) is 0 Å². The average molecular weight is 408 g/mol. The molecule has 0 radical (unpaired) electrons. The van der Waals surface area contributed by atoms with Crippen molar-refractivity contribution in [3.05, 3.63) is 23.3 Å². The second-order valence-corrected chi connectivity index (χ2v) is 7.40. The Bertz CT molecular complexity index is 723. The zero-order valence-corrected chi connectivity index (χ0v) is 16.6. The van der Waals surface area contributed by atoms with Crippen molar-refractivity contribution in [2.75, 3.05) is 19.6 Å². The van der Waals surface area contributed by atoms with E-state index in [2.05, 4.69) is 0 Å². The molecule has 9 nitrogen and oxygen atoms in total. The summed E-state index contributed by atoms with van der Waals surface area (Å²) in [6.45, 7) is 3.21. The van der Waals surface area contributed by atoms with Crippen LogP contribution in [-0.4, -0.2) is 69.9 Å². The summed E-state index contributed by atoms with van der Waals surface area (Å²) in [5.41, 5.74) is 5.62.